The van der Waals surface area contributed by atoms with Gasteiger partial charge >= 0.3 is 0 Å². The summed E-state index contributed by atoms with van der Waals surface area (Å²) in [4.78, 5) is 8.09. The van der Waals surface area contributed by atoms with Crippen LogP contribution in [0.15, 0.2) is 84.9 Å². The highest BCUT2D eigenvalue weighted by Crippen LogP contribution is 2.56. The van der Waals surface area contributed by atoms with Crippen LogP contribution in [0.5, 0.6) is 0 Å². The lowest BCUT2D eigenvalue weighted by molar-refractivity contribution is 0.377. The number of aromatic amines is 1. The van der Waals surface area contributed by atoms with Crippen molar-refractivity contribution in [2.75, 3.05) is 31.1 Å². The predicted octanol–water partition coefficient (Wildman–Crippen LogP) is 6.43. The lowest BCUT2D eigenvalue weighted by Gasteiger charge is -2.37. The van der Waals surface area contributed by atoms with Crippen LogP contribution in [0.3, 0.4) is 0 Å². The van der Waals surface area contributed by atoms with Crippen LogP contribution in [0.2, 0.25) is 0 Å². The smallest absolute Gasteiger partial charge is 0.201 e. The number of nitrogens with zero attached hydrogens (tertiary/aromatic N) is 3. The minimum atomic E-state index is -0.456. The average molecular weight is 458 g/mol. The molecule has 2 N–H and O–H groups in total. The van der Waals surface area contributed by atoms with Crippen molar-refractivity contribution in [2.45, 2.75) is 25.9 Å². The van der Waals surface area contributed by atoms with E-state index in [2.05, 4.69) is 100 Å². The first-order valence-corrected chi connectivity index (χ1v) is 13.2. The molecule has 1 saturated heterocycles. The number of fused-ring (bicyclic) bond motifs is 1. The maximum absolute atomic E-state index is 4.69. The second-order valence-corrected chi connectivity index (χ2v) is 10.8. The Bertz CT molecular complexity index is 1080. The fourth-order valence-corrected chi connectivity index (χ4v) is 7.57. The summed E-state index contributed by atoms with van der Waals surface area (Å²) in [5.74, 6) is 0.857. The Balaban J connectivity index is 1.34. The van der Waals surface area contributed by atoms with Gasteiger partial charge in [-0.05, 0) is 37.1 Å². The molecule has 6 heteroatoms. The molecule has 0 saturated carbocycles. The molecular weight excluding hydrogens is 425 g/mol. The highest BCUT2D eigenvalue weighted by molar-refractivity contribution is 7.53. The molecule has 2 atom stereocenters. The van der Waals surface area contributed by atoms with Crippen LogP contribution >= 0.6 is 8.22 Å². The van der Waals surface area contributed by atoms with E-state index in [-0.39, 0.29) is 0 Å². The van der Waals surface area contributed by atoms with Gasteiger partial charge in [0.25, 0.3) is 0 Å². The van der Waals surface area contributed by atoms with Gasteiger partial charge in [0, 0.05) is 46.1 Å². The monoisotopic (exact) mass is 457 g/mol. The molecule has 0 amide bonds. The summed E-state index contributed by atoms with van der Waals surface area (Å²) in [6, 6.07) is 30.8. The van der Waals surface area contributed by atoms with Crippen molar-refractivity contribution in [2.24, 2.45) is 0 Å². The molecule has 4 aromatic rings. The Kier molecular flexibility index (Phi) is 6.73. The van der Waals surface area contributed by atoms with Gasteiger partial charge in [0.2, 0.25) is 5.95 Å². The summed E-state index contributed by atoms with van der Waals surface area (Å²) in [6.07, 6.45) is 1.08. The van der Waals surface area contributed by atoms with E-state index in [1.165, 1.54) is 11.1 Å². The number of aromatic nitrogens is 2. The fourth-order valence-electron chi connectivity index (χ4n) is 4.75. The Morgan fingerprint density at radius 1 is 0.818 bits per heavy atom. The molecule has 1 aliphatic heterocycles. The summed E-state index contributed by atoms with van der Waals surface area (Å²) in [5, 5.41) is 3.56. The van der Waals surface area contributed by atoms with E-state index >= 15 is 0 Å². The molecule has 2 heterocycles. The molecule has 0 bridgehead atoms. The SMILES string of the molecule is C[C@@H](c1ccccc1)N1CCN([C@@H](C)c2ccccc2)P1CCNc1nc2ccccc2[nH]1. The van der Waals surface area contributed by atoms with Crippen LogP contribution in [0.4, 0.5) is 5.95 Å². The van der Waals surface area contributed by atoms with Crippen molar-refractivity contribution in [3.63, 3.8) is 0 Å². The molecule has 3 aromatic carbocycles. The summed E-state index contributed by atoms with van der Waals surface area (Å²) in [6.45, 7) is 7.80. The number of nitrogens with one attached hydrogen (secondary N) is 2. The third-order valence-corrected chi connectivity index (χ3v) is 9.51. The third kappa shape index (κ3) is 4.81. The second kappa shape index (κ2) is 10.0. The fraction of sp³-hybridized carbons (Fsp3) is 0.296. The van der Waals surface area contributed by atoms with E-state index in [4.69, 9.17) is 4.98 Å². The number of hydrogen-bond acceptors (Lipinski definition) is 4. The summed E-state index contributed by atoms with van der Waals surface area (Å²) in [5.41, 5.74) is 4.87. The van der Waals surface area contributed by atoms with Gasteiger partial charge < -0.3 is 10.3 Å². The topological polar surface area (TPSA) is 47.2 Å². The van der Waals surface area contributed by atoms with Gasteiger partial charge in [0.05, 0.1) is 11.0 Å². The van der Waals surface area contributed by atoms with Gasteiger partial charge in [-0.2, -0.15) is 0 Å². The second-order valence-electron chi connectivity index (χ2n) is 8.62. The molecule has 5 nitrogen and oxygen atoms in total. The van der Waals surface area contributed by atoms with Crippen LogP contribution in [-0.2, 0) is 0 Å². The first kappa shape index (κ1) is 22.1. The van der Waals surface area contributed by atoms with Crippen LogP contribution in [0, 0.1) is 0 Å². The quantitative estimate of drug-likeness (QED) is 0.300. The summed E-state index contributed by atoms with van der Waals surface area (Å²) >= 11 is 0. The first-order chi connectivity index (χ1) is 16.2. The van der Waals surface area contributed by atoms with Crippen molar-refractivity contribution in [3.8, 4) is 0 Å². The molecule has 0 radical (unpaired) electrons. The van der Waals surface area contributed by atoms with E-state index < -0.39 is 8.22 Å². The van der Waals surface area contributed by atoms with Gasteiger partial charge in [0.15, 0.2) is 0 Å². The zero-order valence-electron chi connectivity index (χ0n) is 19.4. The Labute approximate surface area is 197 Å². The van der Waals surface area contributed by atoms with Crippen molar-refractivity contribution in [3.05, 3.63) is 96.1 Å². The van der Waals surface area contributed by atoms with Gasteiger partial charge in [-0.15, -0.1) is 0 Å². The molecule has 5 rings (SSSR count). The Hall–Kier alpha value is -2.72. The zero-order valence-corrected chi connectivity index (χ0v) is 20.2. The molecule has 1 aromatic heterocycles. The number of hydrogen-bond donors (Lipinski definition) is 2. The van der Waals surface area contributed by atoms with E-state index in [0.29, 0.717) is 12.1 Å². The van der Waals surface area contributed by atoms with Gasteiger partial charge in [-0.1, -0.05) is 72.8 Å². The molecule has 0 unspecified atom stereocenters. The average Bonchev–Trinajstić information content (AvgIpc) is 3.48. The van der Waals surface area contributed by atoms with Gasteiger partial charge in [-0.25, -0.2) is 4.98 Å². The number of imidazole rings is 1. The number of anilines is 1. The third-order valence-electron chi connectivity index (χ3n) is 6.60. The number of H-pyrrole nitrogens is 1. The predicted molar refractivity (Wildman–Crippen MR) is 139 cm³/mol. The van der Waals surface area contributed by atoms with Crippen LogP contribution in [0.1, 0.15) is 37.1 Å². The highest BCUT2D eigenvalue weighted by atomic mass is 31.1. The molecule has 0 aliphatic carbocycles. The Morgan fingerprint density at radius 3 is 1.94 bits per heavy atom. The van der Waals surface area contributed by atoms with E-state index in [1.54, 1.807) is 0 Å². The molecule has 0 spiro atoms. The minimum absolute atomic E-state index is 0.400. The molecule has 33 heavy (non-hydrogen) atoms. The van der Waals surface area contributed by atoms with Crippen molar-refractivity contribution >= 4 is 25.2 Å². The van der Waals surface area contributed by atoms with Crippen LogP contribution in [-0.4, -0.2) is 45.1 Å². The summed E-state index contributed by atoms with van der Waals surface area (Å²) in [7, 11) is -0.456. The molecular formula is C27H32N5P. The van der Waals surface area contributed by atoms with E-state index in [0.717, 1.165) is 42.8 Å². The normalized spacial score (nSPS) is 17.4. The first-order valence-electron chi connectivity index (χ1n) is 11.8. The van der Waals surface area contributed by atoms with Crippen LogP contribution < -0.4 is 5.32 Å². The van der Waals surface area contributed by atoms with Crippen molar-refractivity contribution in [1.82, 2.24) is 19.3 Å². The van der Waals surface area contributed by atoms with Crippen molar-refractivity contribution in [1.29, 1.82) is 0 Å². The number of benzene rings is 3. The molecule has 1 aliphatic rings. The largest absolute Gasteiger partial charge is 0.355 e. The summed E-state index contributed by atoms with van der Waals surface area (Å²) < 4.78 is 5.45. The number of para-hydroxylation sites is 2. The number of rotatable bonds is 8. The highest BCUT2D eigenvalue weighted by Gasteiger charge is 2.37. The van der Waals surface area contributed by atoms with E-state index in [9.17, 15) is 0 Å². The zero-order chi connectivity index (χ0) is 22.6. The van der Waals surface area contributed by atoms with Crippen molar-refractivity contribution < 1.29 is 0 Å². The maximum Gasteiger partial charge on any atom is 0.201 e. The van der Waals surface area contributed by atoms with Gasteiger partial charge in [0.1, 0.15) is 0 Å². The van der Waals surface area contributed by atoms with E-state index in [1.807, 2.05) is 18.2 Å². The Morgan fingerprint density at radius 2 is 1.36 bits per heavy atom. The lowest BCUT2D eigenvalue weighted by atomic mass is 10.1. The standard InChI is InChI=1S/C27H32N5P/c1-21(23-11-5-3-6-12-23)31-18-19-32(22(2)24-13-7-4-8-14-24)33(31)20-17-28-27-29-25-15-9-10-16-26(25)30-27/h3-16,21-22H,17-20H2,1-2H3,(H2,28,29,30)/t21-,22-/m0/s1. The lowest BCUT2D eigenvalue weighted by Crippen LogP contribution is -2.25. The minimum Gasteiger partial charge on any atom is -0.355 e. The van der Waals surface area contributed by atoms with Gasteiger partial charge in [-0.3, -0.25) is 9.34 Å². The molecule has 170 valence electrons. The maximum atomic E-state index is 4.69. The molecule has 1 fully saturated rings. The van der Waals surface area contributed by atoms with Crippen LogP contribution in [0.25, 0.3) is 11.0 Å².